The molecule has 1 rings (SSSR count). The second-order valence-corrected chi connectivity index (χ2v) is 5.84. The molecule has 1 aromatic carbocycles. The molecule has 0 aliphatic heterocycles. The van der Waals surface area contributed by atoms with Crippen molar-refractivity contribution in [1.29, 1.82) is 0 Å². The number of benzene rings is 1. The Morgan fingerprint density at radius 1 is 1.33 bits per heavy atom. The highest BCUT2D eigenvalue weighted by atomic mass is 79.9. The Balaban J connectivity index is 3.06. The van der Waals surface area contributed by atoms with Crippen LogP contribution >= 0.6 is 15.9 Å². The predicted octanol–water partition coefficient (Wildman–Crippen LogP) is 2.76. The molecule has 0 amide bonds. The molecular formula is C14H17BrO3. The summed E-state index contributed by atoms with van der Waals surface area (Å²) in [5.41, 5.74) is -0.217. The highest BCUT2D eigenvalue weighted by Crippen LogP contribution is 2.29. The highest BCUT2D eigenvalue weighted by Gasteiger charge is 2.43. The molecule has 1 aromatic rings. The molecule has 0 aliphatic rings. The van der Waals surface area contributed by atoms with Gasteiger partial charge in [0, 0.05) is 0 Å². The van der Waals surface area contributed by atoms with Crippen LogP contribution < -0.4 is 0 Å². The van der Waals surface area contributed by atoms with E-state index in [1.807, 2.05) is 30.3 Å². The molecule has 4 heteroatoms. The molecule has 0 aromatic heterocycles. The Bertz CT molecular complexity index is 428. The normalized spacial score (nSPS) is 15.6. The van der Waals surface area contributed by atoms with Crippen LogP contribution in [0, 0.1) is 5.41 Å². The first kappa shape index (κ1) is 14.9. The lowest BCUT2D eigenvalue weighted by molar-refractivity contribution is -0.156. The highest BCUT2D eigenvalue weighted by molar-refractivity contribution is 9.10. The quantitative estimate of drug-likeness (QED) is 0.477. The third kappa shape index (κ3) is 3.19. The number of hydrogen-bond donors (Lipinski definition) is 0. The predicted molar refractivity (Wildman–Crippen MR) is 73.7 cm³/mol. The van der Waals surface area contributed by atoms with Crippen molar-refractivity contribution in [3.63, 3.8) is 0 Å². The third-order valence-corrected chi connectivity index (χ3v) is 3.36. The number of Topliss-reactive ketones (excluding diaryl/α,β-unsaturated/α-hetero) is 1. The maximum Gasteiger partial charge on any atom is 0.319 e. The van der Waals surface area contributed by atoms with Gasteiger partial charge in [-0.25, -0.2) is 0 Å². The molecular weight excluding hydrogens is 296 g/mol. The zero-order valence-electron chi connectivity index (χ0n) is 10.8. The largest absolute Gasteiger partial charge is 0.468 e. The van der Waals surface area contributed by atoms with Crippen LogP contribution in [0.15, 0.2) is 30.3 Å². The Hall–Kier alpha value is -1.16. The third-order valence-electron chi connectivity index (χ3n) is 2.94. The van der Waals surface area contributed by atoms with Gasteiger partial charge in [0.05, 0.1) is 11.9 Å². The summed E-state index contributed by atoms with van der Waals surface area (Å²) in [6.45, 7) is 3.35. The molecule has 98 valence electrons. The van der Waals surface area contributed by atoms with Crippen LogP contribution in [-0.2, 0) is 20.7 Å². The van der Waals surface area contributed by atoms with Gasteiger partial charge in [0.15, 0.2) is 5.78 Å². The van der Waals surface area contributed by atoms with Crippen molar-refractivity contribution in [3.8, 4) is 0 Å². The van der Waals surface area contributed by atoms with E-state index in [4.69, 9.17) is 4.74 Å². The standard InChI is InChI=1S/C14H17BrO3/c1-10(15)12(16)14(2,13(17)18-3)9-11-7-5-4-6-8-11/h4-8,10H,9H2,1-3H3. The number of hydrogen-bond acceptors (Lipinski definition) is 3. The topological polar surface area (TPSA) is 43.4 Å². The molecule has 0 heterocycles. The average Bonchev–Trinajstić information content (AvgIpc) is 2.37. The first-order valence-electron chi connectivity index (χ1n) is 5.72. The van der Waals surface area contributed by atoms with Gasteiger partial charge in [-0.3, -0.25) is 9.59 Å². The summed E-state index contributed by atoms with van der Waals surface area (Å²) in [7, 11) is 1.30. The van der Waals surface area contributed by atoms with Crippen LogP contribution in [0.5, 0.6) is 0 Å². The van der Waals surface area contributed by atoms with E-state index in [-0.39, 0.29) is 10.6 Å². The Labute approximate surface area is 116 Å². The van der Waals surface area contributed by atoms with Crippen molar-refractivity contribution in [2.45, 2.75) is 25.1 Å². The monoisotopic (exact) mass is 312 g/mol. The molecule has 3 nitrogen and oxygen atoms in total. The van der Waals surface area contributed by atoms with Gasteiger partial charge in [0.2, 0.25) is 0 Å². The molecule has 0 saturated carbocycles. The van der Waals surface area contributed by atoms with Crippen molar-refractivity contribution in [3.05, 3.63) is 35.9 Å². The van der Waals surface area contributed by atoms with Gasteiger partial charge in [0.25, 0.3) is 0 Å². The summed E-state index contributed by atoms with van der Waals surface area (Å²) >= 11 is 3.23. The second kappa shape index (κ2) is 6.14. The van der Waals surface area contributed by atoms with E-state index >= 15 is 0 Å². The first-order valence-corrected chi connectivity index (χ1v) is 6.64. The van der Waals surface area contributed by atoms with Crippen LogP contribution in [0.2, 0.25) is 0 Å². The lowest BCUT2D eigenvalue weighted by Crippen LogP contribution is -2.42. The molecule has 2 atom stereocenters. The Morgan fingerprint density at radius 2 is 1.89 bits per heavy atom. The number of rotatable bonds is 5. The zero-order valence-corrected chi connectivity index (χ0v) is 12.4. The number of ether oxygens (including phenoxy) is 1. The number of carbonyl (C=O) groups excluding carboxylic acids is 2. The molecule has 0 radical (unpaired) electrons. The van der Waals surface area contributed by atoms with Gasteiger partial charge in [-0.2, -0.15) is 0 Å². The molecule has 18 heavy (non-hydrogen) atoms. The van der Waals surface area contributed by atoms with Crippen molar-refractivity contribution in [1.82, 2.24) is 0 Å². The van der Waals surface area contributed by atoms with Gasteiger partial charge in [-0.05, 0) is 25.8 Å². The summed E-state index contributed by atoms with van der Waals surface area (Å²) in [6, 6.07) is 9.46. The number of esters is 1. The Kier molecular flexibility index (Phi) is 5.08. The van der Waals surface area contributed by atoms with Crippen LogP contribution in [-0.4, -0.2) is 23.7 Å². The molecule has 0 fully saturated rings. The molecule has 2 unspecified atom stereocenters. The smallest absolute Gasteiger partial charge is 0.319 e. The van der Waals surface area contributed by atoms with Crippen molar-refractivity contribution >= 4 is 27.7 Å². The van der Waals surface area contributed by atoms with Crippen molar-refractivity contribution < 1.29 is 14.3 Å². The van der Waals surface area contributed by atoms with Crippen LogP contribution in [0.4, 0.5) is 0 Å². The number of methoxy groups -OCH3 is 1. The van der Waals surface area contributed by atoms with Gasteiger partial charge in [-0.1, -0.05) is 46.3 Å². The molecule has 0 saturated heterocycles. The number of halogens is 1. The molecule has 0 aliphatic carbocycles. The van der Waals surface area contributed by atoms with Crippen LogP contribution in [0.1, 0.15) is 19.4 Å². The zero-order chi connectivity index (χ0) is 13.8. The number of ketones is 1. The average molecular weight is 313 g/mol. The minimum atomic E-state index is -1.15. The fraction of sp³-hybridized carbons (Fsp3) is 0.429. The van der Waals surface area contributed by atoms with Crippen molar-refractivity contribution in [2.24, 2.45) is 5.41 Å². The second-order valence-electron chi connectivity index (χ2n) is 4.47. The van der Waals surface area contributed by atoms with Gasteiger partial charge < -0.3 is 4.74 Å². The number of alkyl halides is 1. The van der Waals surface area contributed by atoms with E-state index in [2.05, 4.69) is 15.9 Å². The van der Waals surface area contributed by atoms with E-state index in [0.717, 1.165) is 5.56 Å². The van der Waals surface area contributed by atoms with E-state index in [1.165, 1.54) is 7.11 Å². The number of carbonyl (C=O) groups is 2. The summed E-state index contributed by atoms with van der Waals surface area (Å²) in [5, 5.41) is 0. The fourth-order valence-corrected chi connectivity index (χ4v) is 2.43. The lowest BCUT2D eigenvalue weighted by atomic mass is 9.78. The Morgan fingerprint density at radius 3 is 2.33 bits per heavy atom. The SMILES string of the molecule is COC(=O)C(C)(Cc1ccccc1)C(=O)C(C)Br. The van der Waals surface area contributed by atoms with Crippen molar-refractivity contribution in [2.75, 3.05) is 7.11 Å². The van der Waals surface area contributed by atoms with E-state index in [0.29, 0.717) is 6.42 Å². The summed E-state index contributed by atoms with van der Waals surface area (Å²) in [4.78, 5) is 23.8. The maximum atomic E-state index is 12.2. The maximum absolute atomic E-state index is 12.2. The molecule has 0 spiro atoms. The summed E-state index contributed by atoms with van der Waals surface area (Å²) in [5.74, 6) is -0.666. The van der Waals surface area contributed by atoms with Crippen LogP contribution in [0.25, 0.3) is 0 Å². The summed E-state index contributed by atoms with van der Waals surface area (Å²) < 4.78 is 4.78. The van der Waals surface area contributed by atoms with Gasteiger partial charge >= 0.3 is 5.97 Å². The molecule has 0 bridgehead atoms. The van der Waals surface area contributed by atoms with E-state index in [9.17, 15) is 9.59 Å². The molecule has 0 N–H and O–H groups in total. The summed E-state index contributed by atoms with van der Waals surface area (Å²) in [6.07, 6.45) is 0.343. The van der Waals surface area contributed by atoms with Crippen LogP contribution in [0.3, 0.4) is 0 Å². The van der Waals surface area contributed by atoms with Gasteiger partial charge in [0.1, 0.15) is 5.41 Å². The fourth-order valence-electron chi connectivity index (χ4n) is 1.93. The van der Waals surface area contributed by atoms with E-state index < -0.39 is 11.4 Å². The first-order chi connectivity index (χ1) is 8.41. The van der Waals surface area contributed by atoms with Gasteiger partial charge in [-0.15, -0.1) is 0 Å². The minimum Gasteiger partial charge on any atom is -0.468 e. The van der Waals surface area contributed by atoms with E-state index in [1.54, 1.807) is 13.8 Å². The lowest BCUT2D eigenvalue weighted by Gasteiger charge is -2.26. The minimum absolute atomic E-state index is 0.168.